The van der Waals surface area contributed by atoms with Crippen molar-refractivity contribution in [2.45, 2.75) is 6.54 Å². The quantitative estimate of drug-likeness (QED) is 0.683. The van der Waals surface area contributed by atoms with Gasteiger partial charge in [0.15, 0.2) is 11.6 Å². The first-order chi connectivity index (χ1) is 9.70. The Kier molecular flexibility index (Phi) is 3.49. The summed E-state index contributed by atoms with van der Waals surface area (Å²) in [5.41, 5.74) is 1.68. The molecule has 0 aliphatic carbocycles. The lowest BCUT2D eigenvalue weighted by Crippen LogP contribution is -2.02. The maximum absolute atomic E-state index is 14.2. The molecule has 1 aromatic heterocycles. The lowest BCUT2D eigenvalue weighted by molar-refractivity contribution is 0.383. The summed E-state index contributed by atoms with van der Waals surface area (Å²) in [7, 11) is 1.48. The Hall–Kier alpha value is -1.81. The molecule has 2 aromatic carbocycles. The molecule has 0 aliphatic rings. The van der Waals surface area contributed by atoms with Gasteiger partial charge in [0.2, 0.25) is 0 Å². The van der Waals surface area contributed by atoms with Crippen molar-refractivity contribution in [2.75, 3.05) is 7.11 Å². The number of fused-ring (bicyclic) bond motifs is 1. The zero-order valence-corrected chi connectivity index (χ0v) is 12.5. The molecule has 0 radical (unpaired) electrons. The van der Waals surface area contributed by atoms with Crippen LogP contribution in [0.5, 0.6) is 5.75 Å². The van der Waals surface area contributed by atoms with Crippen LogP contribution in [0.4, 0.5) is 4.39 Å². The van der Waals surface area contributed by atoms with Crippen molar-refractivity contribution >= 4 is 26.8 Å². The number of halogens is 2. The number of benzene rings is 2. The highest BCUT2D eigenvalue weighted by molar-refractivity contribution is 9.10. The van der Waals surface area contributed by atoms with Gasteiger partial charge in [-0.15, -0.1) is 0 Å². The Morgan fingerprint density at radius 1 is 1.15 bits per heavy atom. The van der Waals surface area contributed by atoms with E-state index in [1.165, 1.54) is 7.11 Å². The number of hydrogen-bond donors (Lipinski definition) is 0. The largest absolute Gasteiger partial charge is 0.494 e. The molecular formula is C16H13BrFNO. The molecule has 3 rings (SSSR count). The molecule has 3 aromatic rings. The van der Waals surface area contributed by atoms with Crippen LogP contribution >= 0.6 is 15.9 Å². The van der Waals surface area contributed by atoms with E-state index in [1.807, 2.05) is 35.0 Å². The predicted octanol–water partition coefficient (Wildman–Crippen LogP) is 4.60. The predicted molar refractivity (Wildman–Crippen MR) is 81.7 cm³/mol. The third-order valence-electron chi connectivity index (χ3n) is 3.36. The average Bonchev–Trinajstić information content (AvgIpc) is 2.86. The number of hydrogen-bond acceptors (Lipinski definition) is 1. The minimum Gasteiger partial charge on any atom is -0.494 e. The Labute approximate surface area is 124 Å². The third kappa shape index (κ3) is 2.20. The first-order valence-electron chi connectivity index (χ1n) is 6.25. The van der Waals surface area contributed by atoms with Crippen molar-refractivity contribution in [1.82, 2.24) is 4.57 Å². The maximum Gasteiger partial charge on any atom is 0.170 e. The van der Waals surface area contributed by atoms with Gasteiger partial charge in [0.25, 0.3) is 0 Å². The second-order valence-corrected chi connectivity index (χ2v) is 5.40. The number of aromatic nitrogens is 1. The summed E-state index contributed by atoms with van der Waals surface area (Å²) in [4.78, 5) is 0. The molecule has 0 unspecified atom stereocenters. The molecule has 0 fully saturated rings. The number of rotatable bonds is 3. The molecule has 1 heterocycles. The fraction of sp³-hybridized carbons (Fsp3) is 0.125. The van der Waals surface area contributed by atoms with E-state index in [1.54, 1.807) is 18.2 Å². The molecule has 20 heavy (non-hydrogen) atoms. The van der Waals surface area contributed by atoms with E-state index in [-0.39, 0.29) is 11.6 Å². The van der Waals surface area contributed by atoms with Crippen molar-refractivity contribution in [2.24, 2.45) is 0 Å². The van der Waals surface area contributed by atoms with Crippen LogP contribution < -0.4 is 4.74 Å². The molecule has 0 N–H and O–H groups in total. The van der Waals surface area contributed by atoms with E-state index in [4.69, 9.17) is 4.74 Å². The van der Waals surface area contributed by atoms with Gasteiger partial charge in [0, 0.05) is 27.1 Å². The Balaban J connectivity index is 2.04. The fourth-order valence-corrected chi connectivity index (χ4v) is 2.83. The van der Waals surface area contributed by atoms with Gasteiger partial charge in [-0.3, -0.25) is 0 Å². The summed E-state index contributed by atoms with van der Waals surface area (Å²) in [6.45, 7) is 0.475. The topological polar surface area (TPSA) is 14.2 Å². The van der Waals surface area contributed by atoms with E-state index < -0.39 is 0 Å². The van der Waals surface area contributed by atoms with Gasteiger partial charge in [0.05, 0.1) is 13.7 Å². The number of ether oxygens (including phenoxy) is 1. The van der Waals surface area contributed by atoms with Crippen molar-refractivity contribution in [3.63, 3.8) is 0 Å². The second-order valence-electron chi connectivity index (χ2n) is 4.55. The molecule has 2 nitrogen and oxygen atoms in total. The van der Waals surface area contributed by atoms with Crippen LogP contribution in [0, 0.1) is 5.82 Å². The Morgan fingerprint density at radius 2 is 1.95 bits per heavy atom. The summed E-state index contributed by atoms with van der Waals surface area (Å²) in [5, 5.41) is 1.12. The van der Waals surface area contributed by atoms with Gasteiger partial charge >= 0.3 is 0 Å². The third-order valence-corrected chi connectivity index (χ3v) is 4.06. The van der Waals surface area contributed by atoms with Crippen LogP contribution in [0.25, 0.3) is 10.9 Å². The van der Waals surface area contributed by atoms with Gasteiger partial charge in [0.1, 0.15) is 0 Å². The van der Waals surface area contributed by atoms with E-state index in [2.05, 4.69) is 15.9 Å². The lowest BCUT2D eigenvalue weighted by Gasteiger charge is -2.09. The number of nitrogens with zero attached hydrogens (tertiary/aromatic N) is 1. The van der Waals surface area contributed by atoms with Crippen LogP contribution in [0.2, 0.25) is 0 Å². The van der Waals surface area contributed by atoms with Crippen LogP contribution in [0.15, 0.2) is 53.1 Å². The van der Waals surface area contributed by atoms with Crippen molar-refractivity contribution < 1.29 is 9.13 Å². The van der Waals surface area contributed by atoms with E-state index >= 15 is 0 Å². The molecule has 0 saturated carbocycles. The van der Waals surface area contributed by atoms with Gasteiger partial charge < -0.3 is 9.30 Å². The van der Waals surface area contributed by atoms with Crippen LogP contribution in [0.1, 0.15) is 5.56 Å². The van der Waals surface area contributed by atoms with Crippen molar-refractivity contribution in [3.05, 3.63) is 64.5 Å². The van der Waals surface area contributed by atoms with Crippen LogP contribution in [-0.4, -0.2) is 11.7 Å². The van der Waals surface area contributed by atoms with Crippen LogP contribution in [0.3, 0.4) is 0 Å². The first-order valence-corrected chi connectivity index (χ1v) is 7.04. The van der Waals surface area contributed by atoms with Gasteiger partial charge in [-0.05, 0) is 24.3 Å². The first kappa shape index (κ1) is 13.2. The van der Waals surface area contributed by atoms with E-state index in [0.29, 0.717) is 12.1 Å². The maximum atomic E-state index is 14.2. The summed E-state index contributed by atoms with van der Waals surface area (Å²) in [6.07, 6.45) is 1.97. The van der Waals surface area contributed by atoms with Crippen LogP contribution in [-0.2, 0) is 6.54 Å². The summed E-state index contributed by atoms with van der Waals surface area (Å²) >= 11 is 3.53. The van der Waals surface area contributed by atoms with Gasteiger partial charge in [-0.2, -0.15) is 0 Å². The normalized spacial score (nSPS) is 10.9. The summed E-state index contributed by atoms with van der Waals surface area (Å²) in [6, 6.07) is 13.2. The van der Waals surface area contributed by atoms with Crippen molar-refractivity contribution in [1.29, 1.82) is 0 Å². The monoisotopic (exact) mass is 333 g/mol. The Bertz CT molecular complexity index is 766. The minimum atomic E-state index is -0.299. The second kappa shape index (κ2) is 5.29. The van der Waals surface area contributed by atoms with Crippen molar-refractivity contribution in [3.8, 4) is 5.75 Å². The molecule has 0 aliphatic heterocycles. The van der Waals surface area contributed by atoms with E-state index in [0.717, 1.165) is 15.4 Å². The highest BCUT2D eigenvalue weighted by Crippen LogP contribution is 2.27. The molecular weight excluding hydrogens is 321 g/mol. The highest BCUT2D eigenvalue weighted by Gasteiger charge is 2.10. The zero-order valence-electron chi connectivity index (χ0n) is 10.9. The number of methoxy groups -OCH3 is 1. The summed E-state index contributed by atoms with van der Waals surface area (Å²) in [5.74, 6) is -0.0213. The minimum absolute atomic E-state index is 0.278. The molecule has 0 spiro atoms. The average molecular weight is 334 g/mol. The standard InChI is InChI=1S/C16H13BrFNO/c1-20-15-7-2-4-11(16(15)18)10-19-9-8-12-13(17)5-3-6-14(12)19/h2-9H,10H2,1H3. The molecule has 102 valence electrons. The summed E-state index contributed by atoms with van der Waals surface area (Å²) < 4.78 is 22.3. The zero-order chi connectivity index (χ0) is 14.1. The van der Waals surface area contributed by atoms with Gasteiger partial charge in [-0.25, -0.2) is 4.39 Å². The molecule has 0 saturated heterocycles. The molecule has 4 heteroatoms. The lowest BCUT2D eigenvalue weighted by atomic mass is 10.2. The van der Waals surface area contributed by atoms with E-state index in [9.17, 15) is 4.39 Å². The highest BCUT2D eigenvalue weighted by atomic mass is 79.9. The smallest absolute Gasteiger partial charge is 0.170 e. The SMILES string of the molecule is COc1cccc(Cn2ccc3c(Br)cccc32)c1F. The van der Waals surface area contributed by atoms with Gasteiger partial charge in [-0.1, -0.05) is 34.1 Å². The molecule has 0 atom stereocenters. The fourth-order valence-electron chi connectivity index (χ4n) is 2.34. The molecule has 0 amide bonds. The Morgan fingerprint density at radius 3 is 2.75 bits per heavy atom. The molecule has 0 bridgehead atoms.